The molecular formula is C9H7F3N4O. The SMILES string of the molecule is OCc1ccc(-n2nnc(C(F)(F)F)n2)cc1. The van der Waals surface area contributed by atoms with E-state index in [1.807, 2.05) is 0 Å². The average molecular weight is 244 g/mol. The second-order valence-corrected chi connectivity index (χ2v) is 3.22. The van der Waals surface area contributed by atoms with E-state index < -0.39 is 12.0 Å². The molecule has 2 aromatic rings. The van der Waals surface area contributed by atoms with Crippen LogP contribution >= 0.6 is 0 Å². The van der Waals surface area contributed by atoms with Gasteiger partial charge in [-0.2, -0.15) is 13.2 Å². The summed E-state index contributed by atoms with van der Waals surface area (Å²) in [5, 5.41) is 18.2. The van der Waals surface area contributed by atoms with Crippen LogP contribution < -0.4 is 0 Å². The zero-order valence-electron chi connectivity index (χ0n) is 8.39. The summed E-state index contributed by atoms with van der Waals surface area (Å²) in [7, 11) is 0. The molecule has 0 radical (unpaired) electrons. The van der Waals surface area contributed by atoms with E-state index in [0.717, 1.165) is 4.80 Å². The van der Waals surface area contributed by atoms with Gasteiger partial charge >= 0.3 is 6.18 Å². The lowest BCUT2D eigenvalue weighted by molar-refractivity contribution is -0.145. The number of halogens is 3. The minimum Gasteiger partial charge on any atom is -0.392 e. The highest BCUT2D eigenvalue weighted by molar-refractivity contribution is 5.32. The lowest BCUT2D eigenvalue weighted by Gasteiger charge is -2.00. The van der Waals surface area contributed by atoms with E-state index in [1.54, 1.807) is 12.1 Å². The Morgan fingerprint density at radius 2 is 1.82 bits per heavy atom. The third kappa shape index (κ3) is 2.41. The highest BCUT2D eigenvalue weighted by Gasteiger charge is 2.36. The average Bonchev–Trinajstić information content (AvgIpc) is 2.78. The summed E-state index contributed by atoms with van der Waals surface area (Å²) < 4.78 is 36.7. The van der Waals surface area contributed by atoms with Gasteiger partial charge in [-0.25, -0.2) is 0 Å². The number of benzene rings is 1. The van der Waals surface area contributed by atoms with Crippen molar-refractivity contribution in [1.29, 1.82) is 0 Å². The molecule has 0 aliphatic carbocycles. The molecule has 0 amide bonds. The Kier molecular flexibility index (Phi) is 2.80. The minimum absolute atomic E-state index is 0.140. The molecule has 0 saturated carbocycles. The van der Waals surface area contributed by atoms with Crippen LogP contribution in [-0.4, -0.2) is 25.3 Å². The fourth-order valence-electron chi connectivity index (χ4n) is 1.17. The molecule has 1 aromatic carbocycles. The molecule has 1 aromatic heterocycles. The van der Waals surface area contributed by atoms with Crippen LogP contribution in [0.3, 0.4) is 0 Å². The fourth-order valence-corrected chi connectivity index (χ4v) is 1.17. The van der Waals surface area contributed by atoms with Crippen molar-refractivity contribution in [2.45, 2.75) is 12.8 Å². The molecule has 0 unspecified atom stereocenters. The molecule has 0 spiro atoms. The fraction of sp³-hybridized carbons (Fsp3) is 0.222. The summed E-state index contributed by atoms with van der Waals surface area (Å²) in [6.45, 7) is -0.140. The van der Waals surface area contributed by atoms with Crippen molar-refractivity contribution >= 4 is 0 Å². The van der Waals surface area contributed by atoms with E-state index in [2.05, 4.69) is 15.4 Å². The minimum atomic E-state index is -4.61. The van der Waals surface area contributed by atoms with Crippen LogP contribution in [0.4, 0.5) is 13.2 Å². The zero-order valence-corrected chi connectivity index (χ0v) is 8.39. The third-order valence-corrected chi connectivity index (χ3v) is 2.02. The Bertz CT molecular complexity index is 506. The highest BCUT2D eigenvalue weighted by Crippen LogP contribution is 2.25. The van der Waals surface area contributed by atoms with Gasteiger partial charge in [0.15, 0.2) is 0 Å². The van der Waals surface area contributed by atoms with Crippen LogP contribution in [0.1, 0.15) is 11.4 Å². The van der Waals surface area contributed by atoms with Crippen LogP contribution in [0.2, 0.25) is 0 Å². The van der Waals surface area contributed by atoms with E-state index in [1.165, 1.54) is 12.1 Å². The molecule has 0 bridgehead atoms. The largest absolute Gasteiger partial charge is 0.455 e. The first kappa shape index (κ1) is 11.5. The van der Waals surface area contributed by atoms with E-state index in [4.69, 9.17) is 5.11 Å². The van der Waals surface area contributed by atoms with Crippen molar-refractivity contribution in [3.63, 3.8) is 0 Å². The molecule has 0 aliphatic rings. The standard InChI is InChI=1S/C9H7F3N4O/c10-9(11,12)8-13-15-16(14-8)7-3-1-6(5-17)2-4-7/h1-4,17H,5H2. The number of aromatic nitrogens is 4. The number of alkyl halides is 3. The monoisotopic (exact) mass is 244 g/mol. The molecule has 0 atom stereocenters. The van der Waals surface area contributed by atoms with Crippen LogP contribution in [0.25, 0.3) is 5.69 Å². The Balaban J connectivity index is 2.30. The molecule has 5 nitrogen and oxygen atoms in total. The maximum absolute atomic E-state index is 12.2. The van der Waals surface area contributed by atoms with Crippen LogP contribution in [0, 0.1) is 0 Å². The number of nitrogens with zero attached hydrogens (tertiary/aromatic N) is 4. The van der Waals surface area contributed by atoms with Crippen molar-refractivity contribution in [3.8, 4) is 5.69 Å². The maximum atomic E-state index is 12.2. The van der Waals surface area contributed by atoms with Crippen LogP contribution in [-0.2, 0) is 12.8 Å². The molecule has 90 valence electrons. The van der Waals surface area contributed by atoms with Crippen molar-refractivity contribution < 1.29 is 18.3 Å². The second kappa shape index (κ2) is 4.13. The second-order valence-electron chi connectivity index (χ2n) is 3.22. The van der Waals surface area contributed by atoms with Crippen molar-refractivity contribution in [2.24, 2.45) is 0 Å². The van der Waals surface area contributed by atoms with Crippen LogP contribution in [0.5, 0.6) is 0 Å². The summed E-state index contributed by atoms with van der Waals surface area (Å²) in [5.41, 5.74) is 0.982. The number of aliphatic hydroxyl groups is 1. The summed E-state index contributed by atoms with van der Waals surface area (Å²) >= 11 is 0. The molecular weight excluding hydrogens is 237 g/mol. The highest BCUT2D eigenvalue weighted by atomic mass is 19.4. The number of tetrazole rings is 1. The van der Waals surface area contributed by atoms with Gasteiger partial charge in [0, 0.05) is 0 Å². The molecule has 1 N–H and O–H groups in total. The van der Waals surface area contributed by atoms with Gasteiger partial charge in [-0.1, -0.05) is 12.1 Å². The molecule has 2 rings (SSSR count). The Morgan fingerprint density at radius 1 is 1.18 bits per heavy atom. The van der Waals surface area contributed by atoms with E-state index in [0.29, 0.717) is 11.3 Å². The smallest absolute Gasteiger partial charge is 0.392 e. The Hall–Kier alpha value is -1.96. The maximum Gasteiger partial charge on any atom is 0.455 e. The first-order valence-electron chi connectivity index (χ1n) is 4.58. The van der Waals surface area contributed by atoms with Gasteiger partial charge < -0.3 is 5.11 Å². The van der Waals surface area contributed by atoms with Crippen molar-refractivity contribution in [3.05, 3.63) is 35.7 Å². The van der Waals surface area contributed by atoms with Gasteiger partial charge in [-0.05, 0) is 22.9 Å². The predicted octanol–water partition coefficient (Wildman–Crippen LogP) is 1.17. The number of rotatable bonds is 2. The van der Waals surface area contributed by atoms with Gasteiger partial charge in [0.25, 0.3) is 5.82 Å². The van der Waals surface area contributed by atoms with Crippen molar-refractivity contribution in [1.82, 2.24) is 20.2 Å². The Labute approximate surface area is 93.5 Å². The number of aliphatic hydroxyl groups excluding tert-OH is 1. The lowest BCUT2D eigenvalue weighted by atomic mass is 10.2. The molecule has 0 saturated heterocycles. The zero-order chi connectivity index (χ0) is 12.5. The molecule has 0 fully saturated rings. The summed E-state index contributed by atoms with van der Waals surface area (Å²) in [5.74, 6) is -1.29. The number of hydrogen-bond donors (Lipinski definition) is 1. The third-order valence-electron chi connectivity index (χ3n) is 2.02. The van der Waals surface area contributed by atoms with Gasteiger partial charge in [-0.3, -0.25) is 0 Å². The van der Waals surface area contributed by atoms with E-state index >= 15 is 0 Å². The summed E-state index contributed by atoms with van der Waals surface area (Å²) in [4.78, 5) is 0.782. The topological polar surface area (TPSA) is 63.8 Å². The summed E-state index contributed by atoms with van der Waals surface area (Å²) in [6.07, 6.45) is -4.61. The lowest BCUT2D eigenvalue weighted by Crippen LogP contribution is -2.08. The Morgan fingerprint density at radius 3 is 2.29 bits per heavy atom. The molecule has 0 aliphatic heterocycles. The van der Waals surface area contributed by atoms with Crippen LogP contribution in [0.15, 0.2) is 24.3 Å². The molecule has 8 heteroatoms. The van der Waals surface area contributed by atoms with E-state index in [9.17, 15) is 13.2 Å². The van der Waals surface area contributed by atoms with Gasteiger partial charge in [0.05, 0.1) is 12.3 Å². The quantitative estimate of drug-likeness (QED) is 0.861. The van der Waals surface area contributed by atoms with Gasteiger partial charge in [0.2, 0.25) is 0 Å². The predicted molar refractivity (Wildman–Crippen MR) is 50.1 cm³/mol. The van der Waals surface area contributed by atoms with Gasteiger partial charge in [-0.15, -0.1) is 15.0 Å². The number of hydrogen-bond acceptors (Lipinski definition) is 4. The van der Waals surface area contributed by atoms with Gasteiger partial charge in [0.1, 0.15) is 0 Å². The first-order chi connectivity index (χ1) is 8.00. The molecule has 17 heavy (non-hydrogen) atoms. The van der Waals surface area contributed by atoms with Crippen molar-refractivity contribution in [2.75, 3.05) is 0 Å². The summed E-state index contributed by atoms with van der Waals surface area (Å²) in [6, 6.07) is 6.11. The molecule has 1 heterocycles. The first-order valence-corrected chi connectivity index (χ1v) is 4.58. The van der Waals surface area contributed by atoms with E-state index in [-0.39, 0.29) is 6.61 Å². The normalized spacial score (nSPS) is 11.8.